The molecule has 2 rings (SSSR count). The highest BCUT2D eigenvalue weighted by Gasteiger charge is 2.24. The Kier molecular flexibility index (Phi) is 6.05. The van der Waals surface area contributed by atoms with Gasteiger partial charge >= 0.3 is 0 Å². The Hall–Kier alpha value is -1.55. The summed E-state index contributed by atoms with van der Waals surface area (Å²) in [6.07, 6.45) is 5.83. The van der Waals surface area contributed by atoms with E-state index in [-0.39, 0.29) is 17.9 Å². The van der Waals surface area contributed by atoms with Crippen molar-refractivity contribution in [2.45, 2.75) is 44.6 Å². The second-order valence-electron chi connectivity index (χ2n) is 5.87. The Labute approximate surface area is 127 Å². The van der Waals surface area contributed by atoms with Gasteiger partial charge in [0, 0.05) is 18.5 Å². The van der Waals surface area contributed by atoms with Crippen LogP contribution in [0.15, 0.2) is 24.3 Å². The SMILES string of the molecule is COc1cccc(CCCNC(=O)C2CCCC(N)C2)c1. The summed E-state index contributed by atoms with van der Waals surface area (Å²) in [6.45, 7) is 0.724. The maximum absolute atomic E-state index is 12.1. The highest BCUT2D eigenvalue weighted by atomic mass is 16.5. The van der Waals surface area contributed by atoms with Crippen LogP contribution in [0.5, 0.6) is 5.75 Å². The van der Waals surface area contributed by atoms with E-state index < -0.39 is 0 Å². The quantitative estimate of drug-likeness (QED) is 0.790. The number of methoxy groups -OCH3 is 1. The molecule has 1 aromatic carbocycles. The van der Waals surface area contributed by atoms with Crippen molar-refractivity contribution in [1.29, 1.82) is 0 Å². The van der Waals surface area contributed by atoms with Crippen LogP contribution in [-0.2, 0) is 11.2 Å². The van der Waals surface area contributed by atoms with Crippen LogP contribution in [0.4, 0.5) is 0 Å². The van der Waals surface area contributed by atoms with E-state index in [1.54, 1.807) is 7.11 Å². The van der Waals surface area contributed by atoms with Gasteiger partial charge in [-0.2, -0.15) is 0 Å². The van der Waals surface area contributed by atoms with Gasteiger partial charge in [-0.1, -0.05) is 18.6 Å². The smallest absolute Gasteiger partial charge is 0.223 e. The molecule has 1 aliphatic rings. The van der Waals surface area contributed by atoms with Crippen molar-refractivity contribution < 1.29 is 9.53 Å². The van der Waals surface area contributed by atoms with E-state index in [1.807, 2.05) is 18.2 Å². The number of carbonyl (C=O) groups is 1. The van der Waals surface area contributed by atoms with Gasteiger partial charge in [-0.15, -0.1) is 0 Å². The number of hydrogen-bond acceptors (Lipinski definition) is 3. The standard InChI is InChI=1S/C17H26N2O2/c1-21-16-9-2-5-13(11-16)6-4-10-19-17(20)14-7-3-8-15(18)12-14/h2,5,9,11,14-15H,3-4,6-8,10,12,18H2,1H3,(H,19,20). The third kappa shape index (κ3) is 5.05. The molecule has 1 amide bonds. The zero-order chi connectivity index (χ0) is 15.1. The van der Waals surface area contributed by atoms with Crippen LogP contribution >= 0.6 is 0 Å². The molecular weight excluding hydrogens is 264 g/mol. The minimum Gasteiger partial charge on any atom is -0.497 e. The number of aryl methyl sites for hydroxylation is 1. The molecule has 0 heterocycles. The molecule has 2 unspecified atom stereocenters. The van der Waals surface area contributed by atoms with Gasteiger partial charge in [0.05, 0.1) is 7.11 Å². The molecule has 0 aromatic heterocycles. The Balaban J connectivity index is 1.68. The molecule has 1 saturated carbocycles. The summed E-state index contributed by atoms with van der Waals surface area (Å²) in [5.74, 6) is 1.18. The van der Waals surface area contributed by atoms with Crippen LogP contribution in [0.1, 0.15) is 37.7 Å². The number of hydrogen-bond donors (Lipinski definition) is 2. The van der Waals surface area contributed by atoms with Crippen LogP contribution in [0, 0.1) is 5.92 Å². The number of benzene rings is 1. The minimum atomic E-state index is 0.116. The van der Waals surface area contributed by atoms with Gasteiger partial charge in [0.1, 0.15) is 5.75 Å². The van der Waals surface area contributed by atoms with Crippen molar-refractivity contribution in [3.8, 4) is 5.75 Å². The molecule has 0 radical (unpaired) electrons. The summed E-state index contributed by atoms with van der Waals surface area (Å²) in [6, 6.07) is 8.27. The normalized spacial score (nSPS) is 21.8. The van der Waals surface area contributed by atoms with Crippen molar-refractivity contribution in [3.63, 3.8) is 0 Å². The summed E-state index contributed by atoms with van der Waals surface area (Å²) >= 11 is 0. The molecule has 0 spiro atoms. The first-order chi connectivity index (χ1) is 10.2. The van der Waals surface area contributed by atoms with Crippen molar-refractivity contribution in [2.75, 3.05) is 13.7 Å². The highest BCUT2D eigenvalue weighted by Crippen LogP contribution is 2.23. The third-order valence-corrected chi connectivity index (χ3v) is 4.16. The zero-order valence-corrected chi connectivity index (χ0v) is 12.8. The van der Waals surface area contributed by atoms with Gasteiger partial charge in [-0.05, 0) is 49.8 Å². The Morgan fingerprint density at radius 2 is 2.29 bits per heavy atom. The van der Waals surface area contributed by atoms with Crippen molar-refractivity contribution in [2.24, 2.45) is 11.7 Å². The largest absolute Gasteiger partial charge is 0.497 e. The monoisotopic (exact) mass is 290 g/mol. The molecule has 4 heteroatoms. The molecule has 2 atom stereocenters. The molecule has 0 bridgehead atoms. The number of ether oxygens (including phenoxy) is 1. The molecule has 1 aliphatic carbocycles. The van der Waals surface area contributed by atoms with Crippen LogP contribution in [0.25, 0.3) is 0 Å². The number of nitrogens with one attached hydrogen (secondary N) is 1. The van der Waals surface area contributed by atoms with E-state index in [9.17, 15) is 4.79 Å². The average molecular weight is 290 g/mol. The molecule has 0 saturated heterocycles. The molecule has 0 aliphatic heterocycles. The number of nitrogens with two attached hydrogens (primary N) is 1. The lowest BCUT2D eigenvalue weighted by atomic mass is 9.85. The lowest BCUT2D eigenvalue weighted by Gasteiger charge is -2.25. The fourth-order valence-corrected chi connectivity index (χ4v) is 2.94. The van der Waals surface area contributed by atoms with Crippen LogP contribution in [-0.4, -0.2) is 25.6 Å². The lowest BCUT2D eigenvalue weighted by Crippen LogP contribution is -2.38. The summed E-state index contributed by atoms with van der Waals surface area (Å²) in [5, 5.41) is 3.05. The molecule has 1 fully saturated rings. The minimum absolute atomic E-state index is 0.116. The van der Waals surface area contributed by atoms with Gasteiger partial charge < -0.3 is 15.8 Å². The van der Waals surface area contributed by atoms with Gasteiger partial charge in [0.2, 0.25) is 5.91 Å². The second kappa shape index (κ2) is 8.03. The van der Waals surface area contributed by atoms with Gasteiger partial charge in [-0.25, -0.2) is 0 Å². The van der Waals surface area contributed by atoms with Crippen LogP contribution in [0.2, 0.25) is 0 Å². The number of amides is 1. The number of rotatable bonds is 6. The maximum Gasteiger partial charge on any atom is 0.223 e. The second-order valence-corrected chi connectivity index (χ2v) is 5.87. The van der Waals surface area contributed by atoms with E-state index in [1.165, 1.54) is 5.56 Å². The van der Waals surface area contributed by atoms with Gasteiger partial charge in [-0.3, -0.25) is 4.79 Å². The Morgan fingerprint density at radius 3 is 3.05 bits per heavy atom. The number of carbonyl (C=O) groups excluding carboxylic acids is 1. The third-order valence-electron chi connectivity index (χ3n) is 4.16. The van der Waals surface area contributed by atoms with Crippen LogP contribution < -0.4 is 15.8 Å². The molecule has 4 nitrogen and oxygen atoms in total. The van der Waals surface area contributed by atoms with E-state index in [2.05, 4.69) is 11.4 Å². The van der Waals surface area contributed by atoms with Gasteiger partial charge in [0.25, 0.3) is 0 Å². The first-order valence-electron chi connectivity index (χ1n) is 7.85. The Bertz CT molecular complexity index is 462. The molecule has 21 heavy (non-hydrogen) atoms. The fraction of sp³-hybridized carbons (Fsp3) is 0.588. The highest BCUT2D eigenvalue weighted by molar-refractivity contribution is 5.78. The first kappa shape index (κ1) is 15.8. The molecule has 116 valence electrons. The predicted octanol–water partition coefficient (Wildman–Crippen LogP) is 2.26. The summed E-state index contributed by atoms with van der Waals surface area (Å²) in [7, 11) is 1.67. The fourth-order valence-electron chi connectivity index (χ4n) is 2.94. The summed E-state index contributed by atoms with van der Waals surface area (Å²) in [5.41, 5.74) is 7.17. The van der Waals surface area contributed by atoms with E-state index in [0.717, 1.165) is 50.8 Å². The molecule has 3 N–H and O–H groups in total. The molecular formula is C17H26N2O2. The van der Waals surface area contributed by atoms with E-state index in [4.69, 9.17) is 10.5 Å². The zero-order valence-electron chi connectivity index (χ0n) is 12.8. The van der Waals surface area contributed by atoms with E-state index >= 15 is 0 Å². The Morgan fingerprint density at radius 1 is 1.43 bits per heavy atom. The lowest BCUT2D eigenvalue weighted by molar-refractivity contribution is -0.126. The first-order valence-corrected chi connectivity index (χ1v) is 7.85. The van der Waals surface area contributed by atoms with Gasteiger partial charge in [0.15, 0.2) is 0 Å². The maximum atomic E-state index is 12.1. The van der Waals surface area contributed by atoms with E-state index in [0.29, 0.717) is 0 Å². The molecule has 1 aromatic rings. The summed E-state index contributed by atoms with van der Waals surface area (Å²) < 4.78 is 5.21. The van der Waals surface area contributed by atoms with Crippen molar-refractivity contribution in [3.05, 3.63) is 29.8 Å². The summed E-state index contributed by atoms with van der Waals surface area (Å²) in [4.78, 5) is 12.1. The van der Waals surface area contributed by atoms with Crippen LogP contribution in [0.3, 0.4) is 0 Å². The van der Waals surface area contributed by atoms with Crippen molar-refractivity contribution >= 4 is 5.91 Å². The average Bonchev–Trinajstić information content (AvgIpc) is 2.51. The topological polar surface area (TPSA) is 64.3 Å². The van der Waals surface area contributed by atoms with Crippen molar-refractivity contribution in [1.82, 2.24) is 5.32 Å². The predicted molar refractivity (Wildman–Crippen MR) is 84.3 cm³/mol.